The van der Waals surface area contributed by atoms with Gasteiger partial charge >= 0.3 is 5.97 Å². The van der Waals surface area contributed by atoms with Crippen LogP contribution in [0.2, 0.25) is 0 Å². The van der Waals surface area contributed by atoms with Crippen LogP contribution in [0.25, 0.3) is 0 Å². The summed E-state index contributed by atoms with van der Waals surface area (Å²) in [5.74, 6) is -0.787. The Morgan fingerprint density at radius 3 is 2.00 bits per heavy atom. The molecule has 0 aromatic heterocycles. The summed E-state index contributed by atoms with van der Waals surface area (Å²) < 4.78 is 16.5. The Bertz CT molecular complexity index is 99.2. The van der Waals surface area contributed by atoms with Crippen molar-refractivity contribution in [2.45, 2.75) is 33.0 Å². The summed E-state index contributed by atoms with van der Waals surface area (Å²) in [7, 11) is 0. The third-order valence-electron chi connectivity index (χ3n) is 0.677. The van der Waals surface area contributed by atoms with E-state index in [0.717, 1.165) is 6.92 Å². The Labute approximate surface area is 54.0 Å². The highest BCUT2D eigenvalue weighted by molar-refractivity contribution is 5.74. The van der Waals surface area contributed by atoms with Crippen LogP contribution in [0.1, 0.15) is 20.8 Å². The smallest absolute Gasteiger partial charge is 0.340 e. The number of alkyl halides is 1. The zero-order chi connectivity index (χ0) is 7.44. The summed E-state index contributed by atoms with van der Waals surface area (Å²) >= 11 is 0. The third kappa shape index (κ3) is 3.94. The van der Waals surface area contributed by atoms with Gasteiger partial charge in [-0.25, -0.2) is 9.18 Å². The van der Waals surface area contributed by atoms with Gasteiger partial charge in [0, 0.05) is 0 Å². The number of esters is 1. The Kier molecular flexibility index (Phi) is 3.20. The van der Waals surface area contributed by atoms with E-state index in [1.807, 2.05) is 0 Å². The highest BCUT2D eigenvalue weighted by Crippen LogP contribution is 1.96. The quantitative estimate of drug-likeness (QED) is 0.532. The normalized spacial score (nSPS) is 13.4. The molecule has 0 aromatic rings. The molecule has 0 fully saturated rings. The van der Waals surface area contributed by atoms with Crippen LogP contribution in [0.15, 0.2) is 0 Å². The first kappa shape index (κ1) is 8.40. The van der Waals surface area contributed by atoms with Gasteiger partial charge in [-0.2, -0.15) is 0 Å². The van der Waals surface area contributed by atoms with Crippen LogP contribution in [0.5, 0.6) is 0 Å². The van der Waals surface area contributed by atoms with Crippen LogP contribution in [0.4, 0.5) is 4.39 Å². The van der Waals surface area contributed by atoms with E-state index in [1.165, 1.54) is 0 Å². The molecule has 0 heterocycles. The molecule has 0 bridgehead atoms. The molecule has 0 saturated heterocycles. The molecular formula is C6H11FO2. The second kappa shape index (κ2) is 3.43. The molecule has 1 unspecified atom stereocenters. The van der Waals surface area contributed by atoms with Crippen LogP contribution in [-0.4, -0.2) is 18.2 Å². The molecule has 0 N–H and O–H groups in total. The lowest BCUT2D eigenvalue weighted by atomic mass is 10.4. The SMILES string of the molecule is CC(C)OC(=O)C(C)F. The van der Waals surface area contributed by atoms with E-state index in [2.05, 4.69) is 4.74 Å². The summed E-state index contributed by atoms with van der Waals surface area (Å²) in [5, 5.41) is 0. The van der Waals surface area contributed by atoms with Crippen molar-refractivity contribution in [3.05, 3.63) is 0 Å². The average molecular weight is 134 g/mol. The monoisotopic (exact) mass is 134 g/mol. The molecule has 0 radical (unpaired) electrons. The van der Waals surface area contributed by atoms with Gasteiger partial charge in [0.15, 0.2) is 6.17 Å². The molecule has 3 heteroatoms. The summed E-state index contributed by atoms with van der Waals surface area (Å²) in [6, 6.07) is 0. The van der Waals surface area contributed by atoms with E-state index in [4.69, 9.17) is 0 Å². The predicted molar refractivity (Wildman–Crippen MR) is 31.8 cm³/mol. The Balaban J connectivity index is 3.51. The van der Waals surface area contributed by atoms with Crippen molar-refractivity contribution >= 4 is 5.97 Å². The van der Waals surface area contributed by atoms with Crippen LogP contribution < -0.4 is 0 Å². The van der Waals surface area contributed by atoms with E-state index in [-0.39, 0.29) is 6.10 Å². The van der Waals surface area contributed by atoms with E-state index in [0.29, 0.717) is 0 Å². The number of carbonyl (C=O) groups excluding carboxylic acids is 1. The lowest BCUT2D eigenvalue weighted by Crippen LogP contribution is -2.19. The van der Waals surface area contributed by atoms with Gasteiger partial charge in [0.2, 0.25) is 0 Å². The number of rotatable bonds is 2. The maximum absolute atomic E-state index is 12.0. The maximum atomic E-state index is 12.0. The van der Waals surface area contributed by atoms with Crippen LogP contribution >= 0.6 is 0 Å². The largest absolute Gasteiger partial charge is 0.461 e. The molecule has 54 valence electrons. The fraction of sp³-hybridized carbons (Fsp3) is 0.833. The minimum absolute atomic E-state index is 0.226. The fourth-order valence-electron chi connectivity index (χ4n) is 0.326. The lowest BCUT2D eigenvalue weighted by Gasteiger charge is -2.07. The molecule has 0 amide bonds. The Morgan fingerprint density at radius 1 is 1.44 bits per heavy atom. The van der Waals surface area contributed by atoms with E-state index in [1.54, 1.807) is 13.8 Å². The minimum atomic E-state index is -1.51. The lowest BCUT2D eigenvalue weighted by molar-refractivity contribution is -0.152. The topological polar surface area (TPSA) is 26.3 Å². The molecule has 2 nitrogen and oxygen atoms in total. The second-order valence-corrected chi connectivity index (χ2v) is 2.10. The molecule has 1 atom stereocenters. The first-order valence-corrected chi connectivity index (χ1v) is 2.88. The van der Waals surface area contributed by atoms with Crippen molar-refractivity contribution in [1.82, 2.24) is 0 Å². The predicted octanol–water partition coefficient (Wildman–Crippen LogP) is 1.30. The number of carbonyl (C=O) groups is 1. The van der Waals surface area contributed by atoms with Gasteiger partial charge in [-0.1, -0.05) is 0 Å². The fourth-order valence-corrected chi connectivity index (χ4v) is 0.326. The third-order valence-corrected chi connectivity index (χ3v) is 0.677. The van der Waals surface area contributed by atoms with Crippen LogP contribution in [0.3, 0.4) is 0 Å². The van der Waals surface area contributed by atoms with Crippen molar-refractivity contribution in [2.24, 2.45) is 0 Å². The number of halogens is 1. The number of hydrogen-bond donors (Lipinski definition) is 0. The highest BCUT2D eigenvalue weighted by atomic mass is 19.1. The van der Waals surface area contributed by atoms with Crippen LogP contribution in [0, 0.1) is 0 Å². The van der Waals surface area contributed by atoms with E-state index >= 15 is 0 Å². The summed E-state index contributed by atoms with van der Waals surface area (Å²) in [6.07, 6.45) is -1.73. The maximum Gasteiger partial charge on any atom is 0.340 e. The molecule has 0 spiro atoms. The standard InChI is InChI=1S/C6H11FO2/c1-4(2)9-6(8)5(3)7/h4-5H,1-3H3. The Hall–Kier alpha value is -0.600. The summed E-state index contributed by atoms with van der Waals surface area (Å²) in [6.45, 7) is 4.52. The highest BCUT2D eigenvalue weighted by Gasteiger charge is 2.12. The zero-order valence-electron chi connectivity index (χ0n) is 5.85. The van der Waals surface area contributed by atoms with Gasteiger partial charge in [0.05, 0.1) is 6.10 Å². The zero-order valence-corrected chi connectivity index (χ0v) is 5.85. The molecule has 0 aliphatic rings. The molecular weight excluding hydrogens is 123 g/mol. The molecule has 0 aliphatic heterocycles. The molecule has 0 saturated carbocycles. The van der Waals surface area contributed by atoms with Crippen molar-refractivity contribution in [3.8, 4) is 0 Å². The number of hydrogen-bond acceptors (Lipinski definition) is 2. The van der Waals surface area contributed by atoms with Crippen molar-refractivity contribution < 1.29 is 13.9 Å². The van der Waals surface area contributed by atoms with Crippen molar-refractivity contribution in [3.63, 3.8) is 0 Å². The van der Waals surface area contributed by atoms with Gasteiger partial charge in [-0.15, -0.1) is 0 Å². The van der Waals surface area contributed by atoms with Gasteiger partial charge in [-0.3, -0.25) is 0 Å². The molecule has 0 aliphatic carbocycles. The van der Waals surface area contributed by atoms with Gasteiger partial charge in [0.25, 0.3) is 0 Å². The summed E-state index contributed by atoms with van der Waals surface area (Å²) in [5.41, 5.74) is 0. The first-order chi connectivity index (χ1) is 4.04. The van der Waals surface area contributed by atoms with Gasteiger partial charge < -0.3 is 4.74 Å². The number of ether oxygens (including phenoxy) is 1. The van der Waals surface area contributed by atoms with E-state index in [9.17, 15) is 9.18 Å². The first-order valence-electron chi connectivity index (χ1n) is 2.88. The molecule has 9 heavy (non-hydrogen) atoms. The van der Waals surface area contributed by atoms with Crippen LogP contribution in [-0.2, 0) is 9.53 Å². The molecule has 0 rings (SSSR count). The Morgan fingerprint density at radius 2 is 1.89 bits per heavy atom. The van der Waals surface area contributed by atoms with Crippen molar-refractivity contribution in [1.29, 1.82) is 0 Å². The second-order valence-electron chi connectivity index (χ2n) is 2.10. The van der Waals surface area contributed by atoms with Gasteiger partial charge in [-0.05, 0) is 20.8 Å². The average Bonchev–Trinajstić information content (AvgIpc) is 1.63. The minimum Gasteiger partial charge on any atom is -0.461 e. The van der Waals surface area contributed by atoms with Gasteiger partial charge in [0.1, 0.15) is 0 Å². The van der Waals surface area contributed by atoms with Crippen molar-refractivity contribution in [2.75, 3.05) is 0 Å². The van der Waals surface area contributed by atoms with E-state index < -0.39 is 12.1 Å². The molecule has 0 aromatic carbocycles. The summed E-state index contributed by atoms with van der Waals surface area (Å²) in [4.78, 5) is 10.4.